The van der Waals surface area contributed by atoms with Crippen LogP contribution in [0.15, 0.2) is 42.5 Å². The van der Waals surface area contributed by atoms with Gasteiger partial charge in [-0.1, -0.05) is 41.9 Å². The fourth-order valence-corrected chi connectivity index (χ4v) is 2.75. The van der Waals surface area contributed by atoms with Gasteiger partial charge in [-0.3, -0.25) is 9.48 Å². The van der Waals surface area contributed by atoms with Crippen LogP contribution < -0.4 is 0 Å². The van der Waals surface area contributed by atoms with Gasteiger partial charge in [-0.25, -0.2) is 0 Å². The van der Waals surface area contributed by atoms with Crippen molar-refractivity contribution in [2.45, 2.75) is 13.3 Å². The summed E-state index contributed by atoms with van der Waals surface area (Å²) >= 11 is 6.09. The zero-order valence-electron chi connectivity index (χ0n) is 11.9. The topological polar surface area (TPSA) is 34.9 Å². The highest BCUT2D eigenvalue weighted by atomic mass is 35.5. The minimum Gasteiger partial charge on any atom is -0.294 e. The summed E-state index contributed by atoms with van der Waals surface area (Å²) < 4.78 is 1.81. The van der Waals surface area contributed by atoms with E-state index in [1.807, 2.05) is 49.0 Å². The van der Waals surface area contributed by atoms with Gasteiger partial charge < -0.3 is 0 Å². The minimum atomic E-state index is 0.0406. The number of nitrogens with zero attached hydrogens (tertiary/aromatic N) is 2. The van der Waals surface area contributed by atoms with E-state index >= 15 is 0 Å². The van der Waals surface area contributed by atoms with Crippen molar-refractivity contribution in [1.82, 2.24) is 9.78 Å². The van der Waals surface area contributed by atoms with Gasteiger partial charge in [0.25, 0.3) is 0 Å². The fraction of sp³-hybridized carbons (Fsp3) is 0.176. The number of aromatic nitrogens is 2. The SMILES string of the molecule is Cc1c(Cl)cccc1C(=O)Cc1nn(C)c2ccccc12. The normalized spacial score (nSPS) is 11.0. The van der Waals surface area contributed by atoms with Crippen LogP contribution in [0.3, 0.4) is 0 Å². The Balaban J connectivity index is 1.99. The van der Waals surface area contributed by atoms with Gasteiger partial charge in [0.15, 0.2) is 5.78 Å². The second kappa shape index (κ2) is 5.34. The van der Waals surface area contributed by atoms with Gasteiger partial charge in [-0.2, -0.15) is 5.10 Å². The van der Waals surface area contributed by atoms with Gasteiger partial charge in [0.05, 0.1) is 17.6 Å². The van der Waals surface area contributed by atoms with E-state index in [1.54, 1.807) is 12.1 Å². The van der Waals surface area contributed by atoms with Crippen molar-refractivity contribution in [3.8, 4) is 0 Å². The smallest absolute Gasteiger partial charge is 0.169 e. The number of ketones is 1. The van der Waals surface area contributed by atoms with E-state index in [4.69, 9.17) is 11.6 Å². The molecule has 4 heteroatoms. The molecule has 0 aliphatic carbocycles. The molecule has 3 nitrogen and oxygen atoms in total. The lowest BCUT2D eigenvalue weighted by Crippen LogP contribution is -2.07. The zero-order valence-corrected chi connectivity index (χ0v) is 12.7. The molecule has 0 unspecified atom stereocenters. The van der Waals surface area contributed by atoms with E-state index in [0.717, 1.165) is 22.2 Å². The average molecular weight is 299 g/mol. The first-order chi connectivity index (χ1) is 10.1. The summed E-state index contributed by atoms with van der Waals surface area (Å²) in [5.74, 6) is 0.0406. The summed E-state index contributed by atoms with van der Waals surface area (Å²) in [6.45, 7) is 1.87. The maximum atomic E-state index is 12.5. The zero-order chi connectivity index (χ0) is 15.0. The van der Waals surface area contributed by atoms with E-state index in [-0.39, 0.29) is 12.2 Å². The summed E-state index contributed by atoms with van der Waals surface area (Å²) in [7, 11) is 1.89. The lowest BCUT2D eigenvalue weighted by molar-refractivity contribution is 0.0991. The van der Waals surface area contributed by atoms with Crippen molar-refractivity contribution >= 4 is 28.3 Å². The molecule has 2 aromatic carbocycles. The maximum Gasteiger partial charge on any atom is 0.169 e. The Morgan fingerprint density at radius 1 is 1.19 bits per heavy atom. The molecule has 3 rings (SSSR count). The third-order valence-electron chi connectivity index (χ3n) is 3.73. The number of carbonyl (C=O) groups is 1. The van der Waals surface area contributed by atoms with E-state index in [0.29, 0.717) is 10.6 Å². The molecule has 3 aromatic rings. The summed E-state index contributed by atoms with van der Waals surface area (Å²) in [5.41, 5.74) is 3.32. The molecule has 0 aliphatic heterocycles. The Morgan fingerprint density at radius 3 is 2.76 bits per heavy atom. The molecule has 0 saturated heterocycles. The molecule has 0 spiro atoms. The lowest BCUT2D eigenvalue weighted by atomic mass is 10.0. The van der Waals surface area contributed by atoms with Crippen LogP contribution in [0.4, 0.5) is 0 Å². The van der Waals surface area contributed by atoms with E-state index in [9.17, 15) is 4.79 Å². The Hall–Kier alpha value is -2.13. The largest absolute Gasteiger partial charge is 0.294 e. The molecule has 1 heterocycles. The standard InChI is InChI=1S/C17H15ClN2O/c1-11-12(7-5-8-14(11)18)17(21)10-15-13-6-3-4-9-16(13)20(2)19-15/h3-9H,10H2,1-2H3. The van der Waals surface area contributed by atoms with Crippen molar-refractivity contribution in [1.29, 1.82) is 0 Å². The highest BCUT2D eigenvalue weighted by Gasteiger charge is 2.16. The van der Waals surface area contributed by atoms with Gasteiger partial charge in [0.2, 0.25) is 0 Å². The molecule has 0 atom stereocenters. The lowest BCUT2D eigenvalue weighted by Gasteiger charge is -2.05. The first-order valence-electron chi connectivity index (χ1n) is 6.77. The van der Waals surface area contributed by atoms with Gasteiger partial charge >= 0.3 is 0 Å². The highest BCUT2D eigenvalue weighted by molar-refractivity contribution is 6.31. The molecule has 0 bridgehead atoms. The molecular weight excluding hydrogens is 284 g/mol. The van der Waals surface area contributed by atoms with Crippen molar-refractivity contribution in [3.63, 3.8) is 0 Å². The van der Waals surface area contributed by atoms with Crippen LogP contribution in [0.25, 0.3) is 10.9 Å². The van der Waals surface area contributed by atoms with Crippen molar-refractivity contribution < 1.29 is 4.79 Å². The number of carbonyl (C=O) groups excluding carboxylic acids is 1. The number of hydrogen-bond acceptors (Lipinski definition) is 2. The summed E-state index contributed by atoms with van der Waals surface area (Å²) in [6, 6.07) is 13.3. The Bertz CT molecular complexity index is 836. The number of aryl methyl sites for hydroxylation is 1. The van der Waals surface area contributed by atoms with Crippen LogP contribution in [0.5, 0.6) is 0 Å². The molecule has 0 fully saturated rings. The molecule has 0 saturated carbocycles. The predicted octanol–water partition coefficient (Wildman–Crippen LogP) is 3.96. The number of rotatable bonds is 3. The molecule has 0 amide bonds. The molecule has 21 heavy (non-hydrogen) atoms. The van der Waals surface area contributed by atoms with Gasteiger partial charge in [-0.15, -0.1) is 0 Å². The summed E-state index contributed by atoms with van der Waals surface area (Å²) in [5, 5.41) is 6.11. The second-order valence-corrected chi connectivity index (χ2v) is 5.51. The molecule has 106 valence electrons. The third kappa shape index (κ3) is 2.45. The average Bonchev–Trinajstić information content (AvgIpc) is 2.79. The quantitative estimate of drug-likeness (QED) is 0.686. The van der Waals surface area contributed by atoms with Crippen LogP contribution in [0.1, 0.15) is 21.6 Å². The number of halogens is 1. The first kappa shape index (κ1) is 13.8. The van der Waals surface area contributed by atoms with E-state index in [2.05, 4.69) is 5.10 Å². The predicted molar refractivity (Wildman–Crippen MR) is 84.9 cm³/mol. The summed E-state index contributed by atoms with van der Waals surface area (Å²) in [4.78, 5) is 12.5. The van der Waals surface area contributed by atoms with Gasteiger partial charge in [0, 0.05) is 23.0 Å². The molecular formula is C17H15ClN2O. The Morgan fingerprint density at radius 2 is 1.95 bits per heavy atom. The van der Waals surface area contributed by atoms with Crippen LogP contribution in [-0.2, 0) is 13.5 Å². The number of benzene rings is 2. The maximum absolute atomic E-state index is 12.5. The van der Waals surface area contributed by atoms with E-state index in [1.165, 1.54) is 0 Å². The number of hydrogen-bond donors (Lipinski definition) is 0. The Kier molecular flexibility index (Phi) is 3.52. The second-order valence-electron chi connectivity index (χ2n) is 5.10. The monoisotopic (exact) mass is 298 g/mol. The first-order valence-corrected chi connectivity index (χ1v) is 7.14. The minimum absolute atomic E-state index is 0.0406. The number of para-hydroxylation sites is 1. The molecule has 1 aromatic heterocycles. The number of fused-ring (bicyclic) bond motifs is 1. The highest BCUT2D eigenvalue weighted by Crippen LogP contribution is 2.22. The van der Waals surface area contributed by atoms with Crippen LogP contribution in [0.2, 0.25) is 5.02 Å². The van der Waals surface area contributed by atoms with Crippen molar-refractivity contribution in [2.24, 2.45) is 7.05 Å². The number of Topliss-reactive ketones (excluding diaryl/α,β-unsaturated/α-hetero) is 1. The molecule has 0 aliphatic rings. The Labute approximate surface area is 128 Å². The molecule has 0 N–H and O–H groups in total. The van der Waals surface area contributed by atoms with Crippen molar-refractivity contribution in [2.75, 3.05) is 0 Å². The fourth-order valence-electron chi connectivity index (χ4n) is 2.58. The van der Waals surface area contributed by atoms with Gasteiger partial charge in [-0.05, 0) is 24.6 Å². The van der Waals surface area contributed by atoms with Crippen LogP contribution in [-0.4, -0.2) is 15.6 Å². The van der Waals surface area contributed by atoms with Gasteiger partial charge in [0.1, 0.15) is 0 Å². The van der Waals surface area contributed by atoms with Crippen LogP contribution in [0, 0.1) is 6.92 Å². The molecule has 0 radical (unpaired) electrons. The van der Waals surface area contributed by atoms with Crippen molar-refractivity contribution in [3.05, 3.63) is 64.3 Å². The summed E-state index contributed by atoms with van der Waals surface area (Å²) in [6.07, 6.45) is 0.280. The van der Waals surface area contributed by atoms with Crippen LogP contribution >= 0.6 is 11.6 Å². The third-order valence-corrected chi connectivity index (χ3v) is 4.14. The van der Waals surface area contributed by atoms with E-state index < -0.39 is 0 Å².